The van der Waals surface area contributed by atoms with Crippen LogP contribution in [0.4, 0.5) is 34.1 Å². The van der Waals surface area contributed by atoms with Crippen molar-refractivity contribution in [2.24, 2.45) is 0 Å². The highest BCUT2D eigenvalue weighted by atomic mass is 32.1. The van der Waals surface area contributed by atoms with Crippen molar-refractivity contribution in [3.8, 4) is 78.4 Å². The molecule has 570 valence electrons. The third-order valence-electron chi connectivity index (χ3n) is 25.1. The fourth-order valence-electron chi connectivity index (χ4n) is 18.9. The van der Waals surface area contributed by atoms with Gasteiger partial charge in [-0.15, -0.1) is 11.3 Å². The van der Waals surface area contributed by atoms with Crippen LogP contribution in [0.2, 0.25) is 0 Å². The van der Waals surface area contributed by atoms with E-state index in [1.165, 1.54) is 85.9 Å². The number of aromatic nitrogens is 3. The van der Waals surface area contributed by atoms with E-state index in [1.54, 1.807) is 0 Å². The minimum atomic E-state index is -0.320. The summed E-state index contributed by atoms with van der Waals surface area (Å²) >= 11 is 1.86. The lowest BCUT2D eigenvalue weighted by Gasteiger charge is -2.45. The largest absolute Gasteiger partial charge is 0.311 e. The summed E-state index contributed by atoms with van der Waals surface area (Å²) in [6.45, 7) is 27.8. The summed E-state index contributed by atoms with van der Waals surface area (Å²) in [5, 5.41) is 7.34. The lowest BCUT2D eigenvalue weighted by Crippen LogP contribution is -2.61. The van der Waals surface area contributed by atoms with E-state index in [-0.39, 0.29) is 28.4 Å². The Morgan fingerprint density at radius 1 is 0.271 bits per heavy atom. The van der Waals surface area contributed by atoms with Gasteiger partial charge in [0.15, 0.2) is 0 Å². The van der Waals surface area contributed by atoms with Crippen molar-refractivity contribution in [1.82, 2.24) is 14.1 Å². The topological polar surface area (TPSA) is 29.2 Å². The van der Waals surface area contributed by atoms with Crippen LogP contribution in [-0.2, 0) is 21.7 Å². The average molecular weight is 1540 g/mol. The molecular weight excluding hydrogens is 1450 g/mol. The molecule has 0 fully saturated rings. The van der Waals surface area contributed by atoms with E-state index in [9.17, 15) is 0 Å². The van der Waals surface area contributed by atoms with Gasteiger partial charge < -0.3 is 14.4 Å². The highest BCUT2D eigenvalue weighted by molar-refractivity contribution is 7.26. The Morgan fingerprint density at radius 3 is 1.33 bits per heavy atom. The normalized spacial score (nSPS) is 13.0. The maximum absolute atomic E-state index is 6.23. The summed E-state index contributed by atoms with van der Waals surface area (Å²) in [7, 11) is 0. The van der Waals surface area contributed by atoms with Crippen molar-refractivity contribution < 1.29 is 0 Å². The molecule has 0 saturated heterocycles. The standard InChI is InChI=1S/C111H92BN5S/c1-108(2,3)78-48-54-95-88(65-78)89-66-79(109(4,5)6)49-55-96(89)114(95)82-67-92(113-104(68-82)117-94-43-29-26-40-85(94)86-51-56-103-105(107(86)117)87-41-27-30-44-102(87)118-103)75-47-53-97-91(60-75)112-90-59-73(69-31-17-13-18-32-69)46-52-98(90)116(99-61-74(70-33-19-14-20-34-70)45-50-84(99)72-37-23-16-24-38-72)101-63-77(76-57-80(110(7,8)9)64-81(58-76)111(10,11)12)62-100(106(101)112)115(97)93-42-28-25-39-83(93)71-35-21-15-22-36-71/h13-68H,1-12H3. The lowest BCUT2D eigenvalue weighted by molar-refractivity contribution is 0.569. The number of nitrogens with zero attached hydrogens (tertiary/aromatic N) is 5. The molecule has 0 aliphatic carbocycles. The van der Waals surface area contributed by atoms with Crippen molar-refractivity contribution in [2.45, 2.75) is 105 Å². The third kappa shape index (κ3) is 12.0. The number of pyridine rings is 1. The summed E-state index contributed by atoms with van der Waals surface area (Å²) in [6, 6.07) is 129. The van der Waals surface area contributed by atoms with Crippen molar-refractivity contribution in [2.75, 3.05) is 9.80 Å². The number of hydrogen-bond acceptors (Lipinski definition) is 4. The number of benzene rings is 15. The molecule has 0 amide bonds. The minimum Gasteiger partial charge on any atom is -0.311 e. The molecule has 19 aromatic rings. The van der Waals surface area contributed by atoms with Crippen LogP contribution >= 0.6 is 11.3 Å². The first-order chi connectivity index (χ1) is 57.0. The van der Waals surface area contributed by atoms with Gasteiger partial charge in [0.1, 0.15) is 5.82 Å². The molecule has 118 heavy (non-hydrogen) atoms. The van der Waals surface area contributed by atoms with Gasteiger partial charge in [-0.25, -0.2) is 4.98 Å². The van der Waals surface area contributed by atoms with E-state index in [1.807, 2.05) is 11.3 Å². The van der Waals surface area contributed by atoms with Gasteiger partial charge in [-0.1, -0.05) is 332 Å². The van der Waals surface area contributed by atoms with Crippen LogP contribution in [0.5, 0.6) is 0 Å². The zero-order valence-electron chi connectivity index (χ0n) is 69.1. The number of thiophene rings is 1. The Morgan fingerprint density at radius 2 is 0.737 bits per heavy atom. The summed E-state index contributed by atoms with van der Waals surface area (Å²) in [5.74, 6) is 0.841. The van der Waals surface area contributed by atoms with Gasteiger partial charge in [-0.05, 0) is 195 Å². The molecule has 21 rings (SSSR count). The van der Waals surface area contributed by atoms with Gasteiger partial charge in [0.05, 0.1) is 44.8 Å². The number of fused-ring (bicyclic) bond motifs is 14. The monoisotopic (exact) mass is 1540 g/mol. The summed E-state index contributed by atoms with van der Waals surface area (Å²) in [5.41, 5.74) is 33.9. The van der Waals surface area contributed by atoms with Gasteiger partial charge in [0, 0.05) is 81.7 Å². The molecule has 0 radical (unpaired) electrons. The van der Waals surface area contributed by atoms with Crippen molar-refractivity contribution in [3.05, 3.63) is 362 Å². The van der Waals surface area contributed by atoms with Gasteiger partial charge >= 0.3 is 0 Å². The first kappa shape index (κ1) is 72.6. The molecule has 0 saturated carbocycles. The van der Waals surface area contributed by atoms with Crippen molar-refractivity contribution >= 4 is 132 Å². The van der Waals surface area contributed by atoms with Gasteiger partial charge in [-0.3, -0.25) is 4.57 Å². The number of anilines is 6. The second kappa shape index (κ2) is 27.3. The molecule has 0 bridgehead atoms. The predicted molar refractivity (Wildman–Crippen MR) is 507 cm³/mol. The number of para-hydroxylation sites is 2. The first-order valence-corrected chi connectivity index (χ1v) is 42.5. The molecule has 7 heteroatoms. The molecular formula is C111H92BN5S. The van der Waals surface area contributed by atoms with Crippen LogP contribution < -0.4 is 26.2 Å². The molecule has 15 aromatic carbocycles. The quantitative estimate of drug-likeness (QED) is 0.128. The van der Waals surface area contributed by atoms with E-state index in [0.29, 0.717) is 0 Å². The Kier molecular flexibility index (Phi) is 16.8. The Hall–Kier alpha value is -13.1. The van der Waals surface area contributed by atoms with Crippen LogP contribution in [-0.4, -0.2) is 20.8 Å². The highest BCUT2D eigenvalue weighted by Gasteiger charge is 2.45. The zero-order chi connectivity index (χ0) is 80.4. The van der Waals surface area contributed by atoms with Crippen LogP contribution in [0.25, 0.3) is 142 Å². The van der Waals surface area contributed by atoms with E-state index >= 15 is 0 Å². The van der Waals surface area contributed by atoms with Crippen LogP contribution in [0, 0.1) is 0 Å². The minimum absolute atomic E-state index is 0.0861. The van der Waals surface area contributed by atoms with Crippen molar-refractivity contribution in [3.63, 3.8) is 0 Å². The first-order valence-electron chi connectivity index (χ1n) is 41.7. The summed E-state index contributed by atoms with van der Waals surface area (Å²) in [4.78, 5) is 11.5. The number of hydrogen-bond donors (Lipinski definition) is 0. The lowest BCUT2D eigenvalue weighted by atomic mass is 9.33. The second-order valence-corrected chi connectivity index (χ2v) is 37.8. The molecule has 6 heterocycles. The summed E-state index contributed by atoms with van der Waals surface area (Å²) < 4.78 is 7.55. The highest BCUT2D eigenvalue weighted by Crippen LogP contribution is 2.53. The molecule has 0 spiro atoms. The maximum Gasteiger partial charge on any atom is 0.252 e. The van der Waals surface area contributed by atoms with Gasteiger partial charge in [0.2, 0.25) is 0 Å². The van der Waals surface area contributed by atoms with Gasteiger partial charge in [0.25, 0.3) is 6.71 Å². The molecule has 0 N–H and O–H groups in total. The molecule has 2 aliphatic rings. The number of rotatable bonds is 10. The zero-order valence-corrected chi connectivity index (χ0v) is 69.9. The summed E-state index contributed by atoms with van der Waals surface area (Å²) in [6.07, 6.45) is 0. The van der Waals surface area contributed by atoms with Crippen LogP contribution in [0.15, 0.2) is 340 Å². The Bertz CT molecular complexity index is 7180. The fraction of sp³-hybridized carbons (Fsp3) is 0.144. The van der Waals surface area contributed by atoms with E-state index in [4.69, 9.17) is 4.98 Å². The molecule has 5 nitrogen and oxygen atoms in total. The van der Waals surface area contributed by atoms with Crippen molar-refractivity contribution in [1.29, 1.82) is 0 Å². The molecule has 0 atom stereocenters. The smallest absolute Gasteiger partial charge is 0.252 e. The average Bonchev–Trinajstić information content (AvgIpc) is 0.939. The molecule has 4 aromatic heterocycles. The third-order valence-corrected chi connectivity index (χ3v) is 26.2. The Balaban J connectivity index is 0.906. The fourth-order valence-corrected chi connectivity index (χ4v) is 20.0. The predicted octanol–water partition coefficient (Wildman–Crippen LogP) is 28.9. The SMILES string of the molecule is CC(C)(C)c1cc(-c2cc3c4c(c2)N(c2cc(-c5ccccc5)ccc2-c2ccccc2)c2ccc(-c5ccccc5)cc2B4c2cc(-c4cc(-n5c6ccc(C(C)(C)C)cc6c6cc(C(C)(C)C)ccc65)cc(-n5c6ccccc6c6ccc7sc8ccccc8c7c65)n4)ccc2N3c2ccccc2-c2ccccc2)cc(C(C)(C)C)c1. The van der Waals surface area contributed by atoms with E-state index < -0.39 is 0 Å². The van der Waals surface area contributed by atoms with Crippen LogP contribution in [0.3, 0.4) is 0 Å². The Labute approximate surface area is 696 Å². The maximum atomic E-state index is 6.23. The van der Waals surface area contributed by atoms with E-state index in [2.05, 4.69) is 442 Å². The van der Waals surface area contributed by atoms with Gasteiger partial charge in [-0.2, -0.15) is 0 Å². The van der Waals surface area contributed by atoms with Crippen LogP contribution in [0.1, 0.15) is 105 Å². The molecule has 0 unspecified atom stereocenters. The van der Waals surface area contributed by atoms with E-state index in [0.717, 1.165) is 129 Å². The second-order valence-electron chi connectivity index (χ2n) is 36.7. The molecule has 2 aliphatic heterocycles.